The number of ether oxygens (including phenoxy) is 1. The molecule has 1 aliphatic rings. The third kappa shape index (κ3) is 2.13. The Hall–Kier alpha value is -1.63. The molecular weight excluding hydrogens is 208 g/mol. The Labute approximate surface area is 94.0 Å². The van der Waals surface area contributed by atoms with Crippen LogP contribution in [0.1, 0.15) is 19.8 Å². The van der Waals surface area contributed by atoms with E-state index in [1.54, 1.807) is 0 Å². The van der Waals surface area contributed by atoms with Gasteiger partial charge in [-0.05, 0) is 19.8 Å². The molecular formula is C9H16N6O. The molecule has 1 aliphatic carbocycles. The van der Waals surface area contributed by atoms with Gasteiger partial charge in [0.1, 0.15) is 0 Å². The van der Waals surface area contributed by atoms with E-state index in [9.17, 15) is 0 Å². The first-order chi connectivity index (χ1) is 7.78. The summed E-state index contributed by atoms with van der Waals surface area (Å²) in [6.45, 7) is 2.94. The highest BCUT2D eigenvalue weighted by Crippen LogP contribution is 2.30. The van der Waals surface area contributed by atoms with Gasteiger partial charge in [0, 0.05) is 12.6 Å². The Morgan fingerprint density at radius 2 is 2.19 bits per heavy atom. The fourth-order valence-corrected chi connectivity index (χ4v) is 1.58. The second kappa shape index (κ2) is 4.48. The van der Waals surface area contributed by atoms with Gasteiger partial charge in [0.25, 0.3) is 0 Å². The normalized spacial score (nSPS) is 14.7. The molecule has 0 aliphatic heterocycles. The lowest BCUT2D eigenvalue weighted by molar-refractivity contribution is 0.378. The standard InChI is InChI=1S/C9H16N6O/c1-3-15(6-4-5-6)8-11-7(14-10)12-9(13-8)16-2/h6H,3-5,10H2,1-2H3,(H,11,12,13,14). The lowest BCUT2D eigenvalue weighted by Crippen LogP contribution is -2.28. The van der Waals surface area contributed by atoms with Crippen molar-refractivity contribution >= 4 is 11.9 Å². The van der Waals surface area contributed by atoms with Crippen molar-refractivity contribution in [2.45, 2.75) is 25.8 Å². The van der Waals surface area contributed by atoms with Gasteiger partial charge in [0.05, 0.1) is 7.11 Å². The third-order valence-electron chi connectivity index (χ3n) is 2.50. The van der Waals surface area contributed by atoms with Crippen LogP contribution in [0.25, 0.3) is 0 Å². The van der Waals surface area contributed by atoms with Crippen LogP contribution in [0.3, 0.4) is 0 Å². The van der Waals surface area contributed by atoms with Gasteiger partial charge in [0.2, 0.25) is 11.9 Å². The summed E-state index contributed by atoms with van der Waals surface area (Å²) in [4.78, 5) is 14.5. The predicted molar refractivity (Wildman–Crippen MR) is 60.2 cm³/mol. The lowest BCUT2D eigenvalue weighted by atomic mass is 10.5. The minimum absolute atomic E-state index is 0.275. The number of hydrogen-bond acceptors (Lipinski definition) is 7. The molecule has 0 saturated heterocycles. The molecule has 1 aromatic heterocycles. The number of anilines is 2. The molecule has 0 atom stereocenters. The molecule has 1 aromatic rings. The van der Waals surface area contributed by atoms with Crippen LogP contribution in [0.2, 0.25) is 0 Å². The van der Waals surface area contributed by atoms with Gasteiger partial charge in [-0.15, -0.1) is 0 Å². The van der Waals surface area contributed by atoms with Crippen LogP contribution in [0.5, 0.6) is 6.01 Å². The fraction of sp³-hybridized carbons (Fsp3) is 0.667. The molecule has 0 spiro atoms. The van der Waals surface area contributed by atoms with Gasteiger partial charge in [-0.2, -0.15) is 15.0 Å². The molecule has 0 bridgehead atoms. The van der Waals surface area contributed by atoms with E-state index in [0.29, 0.717) is 17.9 Å². The first kappa shape index (κ1) is 10.9. The van der Waals surface area contributed by atoms with Crippen molar-refractivity contribution in [3.63, 3.8) is 0 Å². The average molecular weight is 224 g/mol. The third-order valence-corrected chi connectivity index (χ3v) is 2.50. The number of rotatable bonds is 5. The van der Waals surface area contributed by atoms with Crippen LogP contribution in [0, 0.1) is 0 Å². The number of nitrogens with two attached hydrogens (primary N) is 1. The summed E-state index contributed by atoms with van der Waals surface area (Å²) in [5.41, 5.74) is 2.41. The van der Waals surface area contributed by atoms with Crippen LogP contribution in [0.15, 0.2) is 0 Å². The summed E-state index contributed by atoms with van der Waals surface area (Å²) in [6, 6.07) is 0.819. The molecule has 1 fully saturated rings. The van der Waals surface area contributed by atoms with Gasteiger partial charge in [-0.1, -0.05) is 0 Å². The topological polar surface area (TPSA) is 89.2 Å². The maximum Gasteiger partial charge on any atom is 0.322 e. The number of methoxy groups -OCH3 is 1. The van der Waals surface area contributed by atoms with E-state index in [2.05, 4.69) is 32.2 Å². The quantitative estimate of drug-likeness (QED) is 0.543. The fourth-order valence-electron chi connectivity index (χ4n) is 1.58. The SMILES string of the molecule is CCN(c1nc(NN)nc(OC)n1)C1CC1. The van der Waals surface area contributed by atoms with E-state index in [-0.39, 0.29) is 6.01 Å². The summed E-state index contributed by atoms with van der Waals surface area (Å²) in [6.07, 6.45) is 2.38. The van der Waals surface area contributed by atoms with Gasteiger partial charge in [-0.25, -0.2) is 5.84 Å². The monoisotopic (exact) mass is 224 g/mol. The number of nitrogens with one attached hydrogen (secondary N) is 1. The zero-order valence-electron chi connectivity index (χ0n) is 9.47. The number of nitrogen functional groups attached to an aromatic ring is 1. The number of nitrogens with zero attached hydrogens (tertiary/aromatic N) is 4. The van der Waals surface area contributed by atoms with Crippen molar-refractivity contribution in [3.8, 4) is 6.01 Å². The molecule has 1 heterocycles. The Kier molecular flexibility index (Phi) is 3.04. The Bertz CT molecular complexity index is 345. The van der Waals surface area contributed by atoms with Crippen molar-refractivity contribution in [2.24, 2.45) is 5.84 Å². The molecule has 0 unspecified atom stereocenters. The zero-order chi connectivity index (χ0) is 11.5. The van der Waals surface area contributed by atoms with Crippen molar-refractivity contribution in [3.05, 3.63) is 0 Å². The van der Waals surface area contributed by atoms with E-state index in [1.807, 2.05) is 0 Å². The highest BCUT2D eigenvalue weighted by atomic mass is 16.5. The largest absolute Gasteiger partial charge is 0.467 e. The summed E-state index contributed by atoms with van der Waals surface area (Å²) in [5, 5.41) is 0. The maximum atomic E-state index is 5.30. The Morgan fingerprint density at radius 1 is 1.44 bits per heavy atom. The van der Waals surface area contributed by atoms with Gasteiger partial charge in [-0.3, -0.25) is 5.43 Å². The van der Waals surface area contributed by atoms with Gasteiger partial charge >= 0.3 is 6.01 Å². The molecule has 0 amide bonds. The maximum absolute atomic E-state index is 5.30. The van der Waals surface area contributed by atoms with E-state index in [4.69, 9.17) is 10.6 Å². The predicted octanol–water partition coefficient (Wildman–Crippen LogP) is 0.154. The minimum Gasteiger partial charge on any atom is -0.467 e. The Morgan fingerprint density at radius 3 is 2.69 bits per heavy atom. The average Bonchev–Trinajstić information content (AvgIpc) is 3.14. The summed E-state index contributed by atoms with van der Waals surface area (Å²) in [5.74, 6) is 6.23. The second-order valence-electron chi connectivity index (χ2n) is 3.61. The molecule has 2 rings (SSSR count). The molecule has 7 nitrogen and oxygen atoms in total. The van der Waals surface area contributed by atoms with Gasteiger partial charge in [0.15, 0.2) is 0 Å². The molecule has 0 radical (unpaired) electrons. The molecule has 88 valence electrons. The molecule has 0 aromatic carbocycles. The van der Waals surface area contributed by atoms with Crippen molar-refractivity contribution in [1.29, 1.82) is 0 Å². The van der Waals surface area contributed by atoms with Crippen molar-refractivity contribution in [1.82, 2.24) is 15.0 Å². The van der Waals surface area contributed by atoms with Gasteiger partial charge < -0.3 is 9.64 Å². The Balaban J connectivity index is 2.30. The summed E-state index contributed by atoms with van der Waals surface area (Å²) < 4.78 is 5.01. The van der Waals surface area contributed by atoms with E-state index in [1.165, 1.54) is 20.0 Å². The minimum atomic E-state index is 0.275. The van der Waals surface area contributed by atoms with Crippen LogP contribution < -0.4 is 20.9 Å². The highest BCUT2D eigenvalue weighted by Gasteiger charge is 2.30. The molecule has 3 N–H and O–H groups in total. The van der Waals surface area contributed by atoms with E-state index in [0.717, 1.165) is 6.54 Å². The van der Waals surface area contributed by atoms with Crippen LogP contribution in [-0.2, 0) is 0 Å². The van der Waals surface area contributed by atoms with Crippen LogP contribution in [0.4, 0.5) is 11.9 Å². The first-order valence-electron chi connectivity index (χ1n) is 5.31. The van der Waals surface area contributed by atoms with Crippen LogP contribution in [-0.4, -0.2) is 34.6 Å². The summed E-state index contributed by atoms with van der Waals surface area (Å²) >= 11 is 0. The van der Waals surface area contributed by atoms with Crippen LogP contribution >= 0.6 is 0 Å². The van der Waals surface area contributed by atoms with Crippen molar-refractivity contribution in [2.75, 3.05) is 24.0 Å². The number of hydrogen-bond donors (Lipinski definition) is 2. The smallest absolute Gasteiger partial charge is 0.322 e. The van der Waals surface area contributed by atoms with Crippen molar-refractivity contribution < 1.29 is 4.74 Å². The first-order valence-corrected chi connectivity index (χ1v) is 5.31. The van der Waals surface area contributed by atoms with E-state index >= 15 is 0 Å². The zero-order valence-corrected chi connectivity index (χ0v) is 9.47. The number of aromatic nitrogens is 3. The van der Waals surface area contributed by atoms with E-state index < -0.39 is 0 Å². The molecule has 16 heavy (non-hydrogen) atoms. The lowest BCUT2D eigenvalue weighted by Gasteiger charge is -2.20. The molecule has 1 saturated carbocycles. The molecule has 7 heteroatoms. The summed E-state index contributed by atoms with van der Waals surface area (Å²) in [7, 11) is 1.52. The second-order valence-corrected chi connectivity index (χ2v) is 3.61. The number of hydrazine groups is 1. The highest BCUT2D eigenvalue weighted by molar-refractivity contribution is 5.39.